The Morgan fingerprint density at radius 2 is 1.50 bits per heavy atom. The number of piperazine rings is 1. The summed E-state index contributed by atoms with van der Waals surface area (Å²) in [5.41, 5.74) is 1.71. The van der Waals surface area contributed by atoms with Crippen LogP contribution in [0.3, 0.4) is 0 Å². The number of benzene rings is 3. The smallest absolute Gasteiger partial charge is 0.414 e. The van der Waals surface area contributed by atoms with Gasteiger partial charge >= 0.3 is 11.9 Å². The quantitative estimate of drug-likeness (QED) is 0.567. The van der Waals surface area contributed by atoms with Crippen LogP contribution in [0.2, 0.25) is 0 Å². The summed E-state index contributed by atoms with van der Waals surface area (Å²) in [4.78, 5) is 35.0. The molecule has 0 aromatic heterocycles. The number of rotatable bonds is 4. The van der Waals surface area contributed by atoms with Gasteiger partial charge in [0.15, 0.2) is 0 Å². The predicted molar refractivity (Wildman–Crippen MR) is 123 cm³/mol. The number of hydrogen-bond donors (Lipinski definition) is 2. The molecule has 1 fully saturated rings. The number of carbonyl (C=O) groups excluding carboxylic acids is 1. The highest BCUT2D eigenvalue weighted by Gasteiger charge is 2.23. The number of nitrogens with zero attached hydrogens (tertiary/aromatic N) is 2. The molecule has 0 unspecified atom stereocenters. The van der Waals surface area contributed by atoms with Crippen LogP contribution >= 0.6 is 0 Å². The van der Waals surface area contributed by atoms with Crippen LogP contribution in [-0.2, 0) is 16.1 Å². The first kappa shape index (κ1) is 24.7. The van der Waals surface area contributed by atoms with Crippen molar-refractivity contribution in [3.05, 3.63) is 77.6 Å². The molecule has 34 heavy (non-hydrogen) atoms. The Bertz CT molecular complexity index is 1160. The molecule has 0 radical (unpaired) electrons. The number of hydrogen-bond acceptors (Lipinski definition) is 5. The Kier molecular flexibility index (Phi) is 8.15. The van der Waals surface area contributed by atoms with Gasteiger partial charge in [-0.05, 0) is 41.1 Å². The third-order valence-electron chi connectivity index (χ3n) is 5.53. The molecule has 178 valence electrons. The second kappa shape index (κ2) is 11.2. The van der Waals surface area contributed by atoms with Crippen LogP contribution in [-0.4, -0.2) is 71.1 Å². The third-order valence-corrected chi connectivity index (χ3v) is 5.53. The van der Waals surface area contributed by atoms with Gasteiger partial charge in [0.2, 0.25) is 0 Å². The minimum atomic E-state index is -1.82. The largest absolute Gasteiger partial charge is 0.496 e. The van der Waals surface area contributed by atoms with Crippen LogP contribution in [0.15, 0.2) is 60.7 Å². The van der Waals surface area contributed by atoms with Crippen molar-refractivity contribution in [3.63, 3.8) is 0 Å². The molecule has 1 saturated heterocycles. The molecule has 1 heterocycles. The van der Waals surface area contributed by atoms with Crippen LogP contribution < -0.4 is 4.74 Å². The van der Waals surface area contributed by atoms with E-state index >= 15 is 0 Å². The summed E-state index contributed by atoms with van der Waals surface area (Å²) in [6, 6.07) is 18.2. The lowest BCUT2D eigenvalue weighted by Crippen LogP contribution is -2.48. The van der Waals surface area contributed by atoms with E-state index in [4.69, 9.17) is 24.5 Å². The molecular weight excluding hydrogens is 443 g/mol. The third kappa shape index (κ3) is 6.08. The second-order valence-electron chi connectivity index (χ2n) is 7.65. The van der Waals surface area contributed by atoms with Gasteiger partial charge in [-0.15, -0.1) is 0 Å². The van der Waals surface area contributed by atoms with Crippen molar-refractivity contribution in [1.29, 1.82) is 0 Å². The van der Waals surface area contributed by atoms with Gasteiger partial charge in [0.1, 0.15) is 11.6 Å². The Morgan fingerprint density at radius 1 is 0.882 bits per heavy atom. The molecule has 3 aromatic carbocycles. The number of methoxy groups -OCH3 is 1. The molecule has 9 heteroatoms. The number of amides is 1. The number of carboxylic acids is 2. The first-order valence-electron chi connectivity index (χ1n) is 10.6. The molecule has 3 aromatic rings. The lowest BCUT2D eigenvalue weighted by atomic mass is 10.0. The van der Waals surface area contributed by atoms with Gasteiger partial charge in [-0.25, -0.2) is 14.0 Å². The van der Waals surface area contributed by atoms with Gasteiger partial charge in [-0.3, -0.25) is 9.69 Å². The SMILES string of the molecule is COc1ccc2ccccc2c1CN1CCN(C(=O)c2ccc(F)cc2)CC1.O=C(O)C(=O)O. The van der Waals surface area contributed by atoms with Crippen molar-refractivity contribution in [1.82, 2.24) is 9.80 Å². The maximum atomic E-state index is 13.1. The number of carbonyl (C=O) groups is 3. The molecule has 1 amide bonds. The second-order valence-corrected chi connectivity index (χ2v) is 7.65. The van der Waals surface area contributed by atoms with E-state index in [2.05, 4.69) is 23.1 Å². The highest BCUT2D eigenvalue weighted by atomic mass is 19.1. The van der Waals surface area contributed by atoms with Crippen molar-refractivity contribution in [2.45, 2.75) is 6.54 Å². The Balaban J connectivity index is 0.000000481. The highest BCUT2D eigenvalue weighted by Crippen LogP contribution is 2.29. The lowest BCUT2D eigenvalue weighted by molar-refractivity contribution is -0.159. The summed E-state index contributed by atoms with van der Waals surface area (Å²) in [6.07, 6.45) is 0. The first-order valence-corrected chi connectivity index (χ1v) is 10.6. The van der Waals surface area contributed by atoms with E-state index in [9.17, 15) is 9.18 Å². The van der Waals surface area contributed by atoms with E-state index in [1.54, 1.807) is 19.2 Å². The normalized spacial score (nSPS) is 13.6. The van der Waals surface area contributed by atoms with Crippen LogP contribution in [0.1, 0.15) is 15.9 Å². The Hall–Kier alpha value is -3.98. The van der Waals surface area contributed by atoms with Crippen molar-refractivity contribution in [3.8, 4) is 5.75 Å². The molecule has 1 aliphatic rings. The van der Waals surface area contributed by atoms with E-state index in [0.717, 1.165) is 25.4 Å². The molecule has 0 spiro atoms. The lowest BCUT2D eigenvalue weighted by Gasteiger charge is -2.35. The summed E-state index contributed by atoms with van der Waals surface area (Å²) < 4.78 is 18.7. The maximum Gasteiger partial charge on any atom is 0.414 e. The number of carboxylic acid groups (broad SMARTS) is 2. The molecule has 4 rings (SSSR count). The predicted octanol–water partition coefficient (Wildman–Crippen LogP) is 3.10. The monoisotopic (exact) mass is 468 g/mol. The number of fused-ring (bicyclic) bond motifs is 1. The van der Waals surface area contributed by atoms with E-state index in [-0.39, 0.29) is 11.7 Å². The summed E-state index contributed by atoms with van der Waals surface area (Å²) in [5.74, 6) is -3.12. The topological polar surface area (TPSA) is 107 Å². The Morgan fingerprint density at radius 3 is 2.09 bits per heavy atom. The van der Waals surface area contributed by atoms with E-state index < -0.39 is 11.9 Å². The number of ether oxygens (including phenoxy) is 1. The standard InChI is InChI=1S/C23H23FN2O2.C2H2O4/c1-28-22-11-8-17-4-2-3-5-20(17)21(22)16-25-12-14-26(15-13-25)23(27)18-6-9-19(24)10-7-18;3-1(4)2(5)6/h2-11H,12-16H2,1H3;(H,3,4)(H,5,6). The van der Waals surface area contributed by atoms with Crippen LogP contribution in [0.4, 0.5) is 4.39 Å². The summed E-state index contributed by atoms with van der Waals surface area (Å²) in [7, 11) is 1.70. The van der Waals surface area contributed by atoms with Crippen molar-refractivity contribution in [2.75, 3.05) is 33.3 Å². The molecule has 1 aliphatic heterocycles. The molecule has 0 aliphatic carbocycles. The zero-order valence-electron chi connectivity index (χ0n) is 18.6. The minimum Gasteiger partial charge on any atom is -0.496 e. The van der Waals surface area contributed by atoms with Gasteiger partial charge in [0.25, 0.3) is 5.91 Å². The zero-order valence-corrected chi connectivity index (χ0v) is 18.6. The fraction of sp³-hybridized carbons (Fsp3) is 0.240. The van der Waals surface area contributed by atoms with Crippen molar-refractivity contribution < 1.29 is 33.7 Å². The Labute approximate surface area is 195 Å². The minimum absolute atomic E-state index is 0.0395. The van der Waals surface area contributed by atoms with Crippen LogP contribution in [0.25, 0.3) is 10.8 Å². The van der Waals surface area contributed by atoms with Gasteiger partial charge in [0.05, 0.1) is 7.11 Å². The van der Waals surface area contributed by atoms with Gasteiger partial charge in [-0.2, -0.15) is 0 Å². The van der Waals surface area contributed by atoms with Gasteiger partial charge in [0, 0.05) is 43.9 Å². The van der Waals surface area contributed by atoms with E-state index in [1.165, 1.54) is 28.5 Å². The molecule has 8 nitrogen and oxygen atoms in total. The molecule has 2 N–H and O–H groups in total. The average molecular weight is 468 g/mol. The van der Waals surface area contributed by atoms with Crippen molar-refractivity contribution >= 4 is 28.6 Å². The summed E-state index contributed by atoms with van der Waals surface area (Å²) >= 11 is 0. The van der Waals surface area contributed by atoms with Crippen LogP contribution in [0.5, 0.6) is 5.75 Å². The summed E-state index contributed by atoms with van der Waals surface area (Å²) in [5, 5.41) is 17.2. The molecule has 0 saturated carbocycles. The zero-order chi connectivity index (χ0) is 24.7. The van der Waals surface area contributed by atoms with Crippen LogP contribution in [0, 0.1) is 5.82 Å². The number of halogens is 1. The molecule has 0 atom stereocenters. The molecular formula is C25H25FN2O6. The maximum absolute atomic E-state index is 13.1. The fourth-order valence-electron chi connectivity index (χ4n) is 3.78. The fourth-order valence-corrected chi connectivity index (χ4v) is 3.78. The summed E-state index contributed by atoms with van der Waals surface area (Å²) in [6.45, 7) is 3.67. The first-order chi connectivity index (χ1) is 16.3. The van der Waals surface area contributed by atoms with E-state index in [1.807, 2.05) is 23.1 Å². The van der Waals surface area contributed by atoms with Crippen molar-refractivity contribution in [2.24, 2.45) is 0 Å². The van der Waals surface area contributed by atoms with Gasteiger partial charge in [-0.1, -0.05) is 30.3 Å². The average Bonchev–Trinajstić information content (AvgIpc) is 2.85. The van der Waals surface area contributed by atoms with E-state index in [0.29, 0.717) is 18.7 Å². The van der Waals surface area contributed by atoms with Gasteiger partial charge < -0.3 is 19.8 Å². The molecule has 0 bridgehead atoms. The highest BCUT2D eigenvalue weighted by molar-refractivity contribution is 6.27. The number of aliphatic carboxylic acids is 2.